The Hall–Kier alpha value is -3.74. The van der Waals surface area contributed by atoms with E-state index in [-0.39, 0.29) is 43.5 Å². The first-order chi connectivity index (χ1) is 23.0. The molecule has 0 bridgehead atoms. The van der Waals surface area contributed by atoms with Gasteiger partial charge in [-0.1, -0.05) is 29.8 Å². The van der Waals surface area contributed by atoms with Crippen molar-refractivity contribution in [3.63, 3.8) is 0 Å². The number of carbonyl (C=O) groups excluding carboxylic acids is 2. The lowest BCUT2D eigenvalue weighted by Gasteiger charge is -2.40. The number of amides is 2. The van der Waals surface area contributed by atoms with Crippen molar-refractivity contribution in [3.05, 3.63) is 81.7 Å². The molecular weight excluding hydrogens is 694 g/mol. The van der Waals surface area contributed by atoms with E-state index in [1.807, 2.05) is 32.9 Å². The van der Waals surface area contributed by atoms with Crippen LogP contribution in [0.3, 0.4) is 0 Å². The van der Waals surface area contributed by atoms with Crippen molar-refractivity contribution in [2.75, 3.05) is 20.4 Å². The van der Waals surface area contributed by atoms with Crippen LogP contribution in [0, 0.1) is 11.6 Å². The highest BCUT2D eigenvalue weighted by atomic mass is 35.5. The first kappa shape index (κ1) is 36.5. The molecule has 1 aliphatic carbocycles. The van der Waals surface area contributed by atoms with Crippen LogP contribution in [0.25, 0.3) is 21.2 Å². The van der Waals surface area contributed by atoms with Gasteiger partial charge in [0.25, 0.3) is 5.91 Å². The minimum atomic E-state index is -3.45. The maximum absolute atomic E-state index is 14.8. The monoisotopic (exact) mass is 732 g/mol. The molecule has 49 heavy (non-hydrogen) atoms. The number of fused-ring (bicyclic) bond motifs is 1. The highest BCUT2D eigenvalue weighted by Crippen LogP contribution is 2.41. The van der Waals surface area contributed by atoms with Gasteiger partial charge in [0.1, 0.15) is 27.9 Å². The highest BCUT2D eigenvalue weighted by Gasteiger charge is 2.35. The summed E-state index contributed by atoms with van der Waals surface area (Å²) in [5.74, 6) is -1.39. The fraction of sp³-hybridized carbons (Fsp3) is 0.389. The third-order valence-electron chi connectivity index (χ3n) is 8.69. The third-order valence-corrected chi connectivity index (χ3v) is 11.5. The summed E-state index contributed by atoms with van der Waals surface area (Å²) in [6.07, 6.45) is 2.96. The zero-order chi connectivity index (χ0) is 35.8. The van der Waals surface area contributed by atoms with Crippen molar-refractivity contribution >= 4 is 54.9 Å². The van der Waals surface area contributed by atoms with Gasteiger partial charge >= 0.3 is 6.09 Å². The number of sulfone groups is 1. The van der Waals surface area contributed by atoms with Crippen molar-refractivity contribution < 1.29 is 36.3 Å². The van der Waals surface area contributed by atoms with Gasteiger partial charge in [-0.05, 0) is 94.0 Å². The number of rotatable bonds is 8. The van der Waals surface area contributed by atoms with Gasteiger partial charge in [0.2, 0.25) is 0 Å². The van der Waals surface area contributed by atoms with Crippen LogP contribution in [-0.2, 0) is 21.1 Å². The molecule has 8 nitrogen and oxygen atoms in total. The van der Waals surface area contributed by atoms with Crippen LogP contribution in [0.15, 0.2) is 59.5 Å². The number of hydrogen-bond acceptors (Lipinski definition) is 7. The standard InChI is InChI=1S/C36H39ClF2N2O6S2/c1-36(2,3)47-35(43)40(4)24-11-13-25(14-12-24)41(34(42)33-31(37)30-27(38)15-16-28(39)32(30)48-33)20-23-18-22(10-17-29(23)46-5)21-8-7-9-26(19-21)49(6,44)45/h7-10,15-19,24-25H,11-14,20H2,1-6H3. The fourth-order valence-corrected chi connectivity index (χ4v) is 8.32. The summed E-state index contributed by atoms with van der Waals surface area (Å²) in [6.45, 7) is 5.49. The van der Waals surface area contributed by atoms with Crippen molar-refractivity contribution in [3.8, 4) is 16.9 Å². The number of benzene rings is 3. The van der Waals surface area contributed by atoms with Crippen molar-refractivity contribution in [1.82, 2.24) is 9.80 Å². The summed E-state index contributed by atoms with van der Waals surface area (Å²) < 4.78 is 65.4. The minimum Gasteiger partial charge on any atom is -0.496 e. The molecule has 0 radical (unpaired) electrons. The average Bonchev–Trinajstić information content (AvgIpc) is 3.41. The third kappa shape index (κ3) is 8.02. The topological polar surface area (TPSA) is 93.2 Å². The Morgan fingerprint density at radius 1 is 0.959 bits per heavy atom. The lowest BCUT2D eigenvalue weighted by atomic mass is 9.89. The largest absolute Gasteiger partial charge is 0.496 e. The number of nitrogens with zero attached hydrogens (tertiary/aromatic N) is 2. The summed E-state index contributed by atoms with van der Waals surface area (Å²) in [5.41, 5.74) is 1.36. The molecule has 1 fully saturated rings. The number of thiophene rings is 1. The molecule has 0 N–H and O–H groups in total. The van der Waals surface area contributed by atoms with Gasteiger partial charge in [-0.2, -0.15) is 0 Å². The number of carbonyl (C=O) groups is 2. The van der Waals surface area contributed by atoms with Crippen LogP contribution in [0.1, 0.15) is 61.7 Å². The van der Waals surface area contributed by atoms with Crippen molar-refractivity contribution in [2.45, 2.75) is 75.6 Å². The second-order valence-corrected chi connectivity index (χ2v) is 16.7. The van der Waals surface area contributed by atoms with Gasteiger partial charge in [0.15, 0.2) is 9.84 Å². The molecule has 0 atom stereocenters. The Balaban J connectivity index is 1.52. The zero-order valence-electron chi connectivity index (χ0n) is 28.2. The molecule has 0 aliphatic heterocycles. The molecule has 0 unspecified atom stereocenters. The van der Waals surface area contributed by atoms with E-state index in [1.54, 1.807) is 41.1 Å². The van der Waals surface area contributed by atoms with Crippen LogP contribution >= 0.6 is 22.9 Å². The zero-order valence-corrected chi connectivity index (χ0v) is 30.6. The Morgan fingerprint density at radius 2 is 1.59 bits per heavy atom. The molecule has 262 valence electrons. The fourth-order valence-electron chi connectivity index (χ4n) is 6.14. The summed E-state index contributed by atoms with van der Waals surface area (Å²) in [6, 6.07) is 13.6. The Bertz CT molecular complexity index is 2000. The second-order valence-electron chi connectivity index (χ2n) is 13.3. The van der Waals surface area contributed by atoms with E-state index in [0.29, 0.717) is 48.1 Å². The molecule has 1 aliphatic rings. The SMILES string of the molecule is COc1ccc(-c2cccc(S(C)(=O)=O)c2)cc1CN(C(=O)c1sc2c(F)ccc(F)c2c1Cl)C1CCC(N(C)C(=O)OC(C)(C)C)CC1. The minimum absolute atomic E-state index is 0.0182. The Morgan fingerprint density at radius 3 is 2.20 bits per heavy atom. The predicted octanol–water partition coefficient (Wildman–Crippen LogP) is 8.73. The summed E-state index contributed by atoms with van der Waals surface area (Å²) >= 11 is 7.42. The molecular formula is C36H39ClF2N2O6S2. The Labute approximate surface area is 294 Å². The van der Waals surface area contributed by atoms with Gasteiger partial charge < -0.3 is 19.3 Å². The van der Waals surface area contributed by atoms with E-state index >= 15 is 0 Å². The number of halogens is 3. The summed E-state index contributed by atoms with van der Waals surface area (Å²) in [7, 11) is -0.233. The van der Waals surface area contributed by atoms with Crippen LogP contribution in [-0.4, -0.2) is 68.3 Å². The van der Waals surface area contributed by atoms with Crippen LogP contribution < -0.4 is 4.74 Å². The maximum Gasteiger partial charge on any atom is 0.410 e. The Kier molecular flexibility index (Phi) is 10.6. The summed E-state index contributed by atoms with van der Waals surface area (Å²) in [4.78, 5) is 30.7. The van der Waals surface area contributed by atoms with Gasteiger partial charge in [0.05, 0.1) is 27.1 Å². The first-order valence-electron chi connectivity index (χ1n) is 15.8. The van der Waals surface area contributed by atoms with Crippen LogP contribution in [0.4, 0.5) is 13.6 Å². The molecule has 2 amide bonds. The van der Waals surface area contributed by atoms with Crippen LogP contribution in [0.2, 0.25) is 5.02 Å². The highest BCUT2D eigenvalue weighted by molar-refractivity contribution is 7.90. The van der Waals surface area contributed by atoms with Crippen LogP contribution in [0.5, 0.6) is 5.75 Å². The number of ether oxygens (including phenoxy) is 2. The van der Waals surface area contributed by atoms with Crippen molar-refractivity contribution in [1.29, 1.82) is 0 Å². The molecule has 0 spiro atoms. The molecule has 1 aromatic heterocycles. The number of methoxy groups -OCH3 is 1. The van der Waals surface area contributed by atoms with E-state index in [1.165, 1.54) is 13.2 Å². The molecule has 4 aromatic rings. The van der Waals surface area contributed by atoms with E-state index in [4.69, 9.17) is 21.1 Å². The molecule has 13 heteroatoms. The smallest absolute Gasteiger partial charge is 0.410 e. The molecule has 3 aromatic carbocycles. The summed E-state index contributed by atoms with van der Waals surface area (Å²) in [5, 5.41) is -0.286. The van der Waals surface area contributed by atoms with E-state index in [2.05, 4.69) is 0 Å². The average molecular weight is 733 g/mol. The first-order valence-corrected chi connectivity index (χ1v) is 18.9. The van der Waals surface area contributed by atoms with Crippen molar-refractivity contribution in [2.24, 2.45) is 0 Å². The van der Waals surface area contributed by atoms with Gasteiger partial charge in [0, 0.05) is 37.5 Å². The van der Waals surface area contributed by atoms with E-state index in [0.717, 1.165) is 29.7 Å². The predicted molar refractivity (Wildman–Crippen MR) is 188 cm³/mol. The van der Waals surface area contributed by atoms with Gasteiger partial charge in [-0.25, -0.2) is 22.0 Å². The van der Waals surface area contributed by atoms with Gasteiger partial charge in [-0.15, -0.1) is 11.3 Å². The lowest BCUT2D eigenvalue weighted by molar-refractivity contribution is 0.0144. The molecule has 5 rings (SSSR count). The molecule has 1 saturated carbocycles. The van der Waals surface area contributed by atoms with E-state index in [9.17, 15) is 26.8 Å². The second kappa shape index (κ2) is 14.2. The normalized spacial score (nSPS) is 16.8. The maximum atomic E-state index is 14.8. The van der Waals surface area contributed by atoms with E-state index < -0.39 is 39.1 Å². The molecule has 0 saturated heterocycles. The molecule has 1 heterocycles. The lowest BCUT2D eigenvalue weighted by Crippen LogP contribution is -2.47. The quantitative estimate of drug-likeness (QED) is 0.180. The van der Waals surface area contributed by atoms with Gasteiger partial charge in [-0.3, -0.25) is 4.79 Å². The number of hydrogen-bond donors (Lipinski definition) is 0.